The second-order valence-electron chi connectivity index (χ2n) is 12.0. The number of rotatable bonds is 9. The topological polar surface area (TPSA) is 112 Å². The molecule has 2 aliphatic rings. The molecule has 2 N–H and O–H groups in total. The lowest BCUT2D eigenvalue weighted by Crippen LogP contribution is -2.46. The summed E-state index contributed by atoms with van der Waals surface area (Å²) in [6.45, 7) is 2.27. The fraction of sp³-hybridized carbons (Fsp3) is 0.270. The molecule has 2 amide bonds. The van der Waals surface area contributed by atoms with Gasteiger partial charge >= 0.3 is 0 Å². The predicted octanol–water partition coefficient (Wildman–Crippen LogP) is 4.87. The molecule has 3 atom stereocenters. The molecular formula is C37H36BrN3O6. The highest BCUT2D eigenvalue weighted by Gasteiger charge is 2.52. The van der Waals surface area contributed by atoms with E-state index in [0.29, 0.717) is 29.9 Å². The van der Waals surface area contributed by atoms with Crippen LogP contribution in [0.25, 0.3) is 5.69 Å². The van der Waals surface area contributed by atoms with Crippen molar-refractivity contribution >= 4 is 33.4 Å². The molecule has 242 valence electrons. The molecule has 0 fully saturated rings. The molecule has 3 heterocycles. The van der Waals surface area contributed by atoms with E-state index >= 15 is 0 Å². The molecule has 3 aromatic carbocycles. The third kappa shape index (κ3) is 6.04. The summed E-state index contributed by atoms with van der Waals surface area (Å²) in [7, 11) is 1.45. The van der Waals surface area contributed by atoms with Gasteiger partial charge in [-0.3, -0.25) is 19.0 Å². The van der Waals surface area contributed by atoms with Crippen LogP contribution in [0.3, 0.4) is 0 Å². The molecular weight excluding hydrogens is 662 g/mol. The molecule has 0 radical (unpaired) electrons. The number of nitrogens with zero attached hydrogens (tertiary/aromatic N) is 3. The van der Waals surface area contributed by atoms with Crippen LogP contribution in [-0.4, -0.2) is 51.3 Å². The van der Waals surface area contributed by atoms with Crippen LogP contribution < -0.4 is 15.2 Å². The van der Waals surface area contributed by atoms with Gasteiger partial charge in [-0.05, 0) is 65.6 Å². The Morgan fingerprint density at radius 2 is 1.81 bits per heavy atom. The van der Waals surface area contributed by atoms with Crippen molar-refractivity contribution in [2.45, 2.75) is 44.5 Å². The zero-order valence-electron chi connectivity index (χ0n) is 26.2. The number of carbonyl (C=O) groups is 2. The molecule has 0 saturated carbocycles. The molecule has 4 aromatic rings. The average Bonchev–Trinajstić information content (AvgIpc) is 3.29. The Labute approximate surface area is 281 Å². The van der Waals surface area contributed by atoms with Gasteiger partial charge in [0.2, 0.25) is 5.91 Å². The Kier molecular flexibility index (Phi) is 9.18. The summed E-state index contributed by atoms with van der Waals surface area (Å²) in [5.74, 6) is -1.01. The smallest absolute Gasteiger partial charge is 0.297 e. The normalized spacial score (nSPS) is 19.5. The van der Waals surface area contributed by atoms with E-state index in [4.69, 9.17) is 4.74 Å². The van der Waals surface area contributed by atoms with E-state index in [0.717, 1.165) is 21.2 Å². The van der Waals surface area contributed by atoms with Gasteiger partial charge in [-0.15, -0.1) is 0 Å². The average molecular weight is 699 g/mol. The number of pyridine rings is 1. The number of anilines is 1. The Bertz CT molecular complexity index is 1910. The Hall–Kier alpha value is -4.51. The SMILES string of the molecule is COc1cccn(-c2ccc(CN3C(=O)[C@](O)([C@H](C)/C=C/CC(=O)N4Cc5ccccc5C[C@H]4CO)c4cc(Br)ccc43)cc2)c1=O. The van der Waals surface area contributed by atoms with Crippen LogP contribution in [0.15, 0.2) is 106 Å². The highest BCUT2D eigenvalue weighted by atomic mass is 79.9. The molecule has 10 heteroatoms. The fourth-order valence-electron chi connectivity index (χ4n) is 6.53. The lowest BCUT2D eigenvalue weighted by molar-refractivity contribution is -0.139. The van der Waals surface area contributed by atoms with Crippen molar-refractivity contribution < 1.29 is 24.5 Å². The summed E-state index contributed by atoms with van der Waals surface area (Å²) in [5, 5.41) is 22.1. The molecule has 0 saturated heterocycles. The minimum absolute atomic E-state index is 0.0745. The van der Waals surface area contributed by atoms with Gasteiger partial charge in [-0.2, -0.15) is 0 Å². The summed E-state index contributed by atoms with van der Waals surface area (Å²) in [5.41, 5.74) is 2.62. The Balaban J connectivity index is 1.20. The first-order chi connectivity index (χ1) is 22.6. The summed E-state index contributed by atoms with van der Waals surface area (Å²) in [4.78, 5) is 43.3. The molecule has 0 aliphatic carbocycles. The third-order valence-corrected chi connectivity index (χ3v) is 9.67. The number of methoxy groups -OCH3 is 1. The van der Waals surface area contributed by atoms with Crippen LogP contribution in [0.5, 0.6) is 5.75 Å². The number of benzene rings is 3. The van der Waals surface area contributed by atoms with E-state index in [2.05, 4.69) is 15.9 Å². The number of carbonyl (C=O) groups excluding carboxylic acids is 2. The van der Waals surface area contributed by atoms with Crippen LogP contribution in [0.2, 0.25) is 0 Å². The van der Waals surface area contributed by atoms with Crippen LogP contribution in [0.4, 0.5) is 5.69 Å². The standard InChI is InChI=1S/C37H36BrN3O6/c1-24(7-5-11-34(43)40-22-27-9-4-3-8-26(27)19-30(40)23-42)37(46)31-20-28(38)14-17-32(31)41(36(37)45)21-25-12-15-29(16-13-25)39-18-6-10-33(47-2)35(39)44/h3-10,12-18,20,24,30,42,46H,11,19,21-23H2,1-2H3/b7-5+/t24-,30+,37+/m1/s1. The molecule has 2 aliphatic heterocycles. The van der Waals surface area contributed by atoms with E-state index in [-0.39, 0.29) is 42.8 Å². The molecule has 47 heavy (non-hydrogen) atoms. The van der Waals surface area contributed by atoms with E-state index in [1.807, 2.05) is 48.5 Å². The Morgan fingerprint density at radius 3 is 2.53 bits per heavy atom. The van der Waals surface area contributed by atoms with Gasteiger partial charge < -0.3 is 24.7 Å². The number of amides is 2. The molecule has 0 bridgehead atoms. The van der Waals surface area contributed by atoms with Crippen molar-refractivity contribution in [2.24, 2.45) is 5.92 Å². The predicted molar refractivity (Wildman–Crippen MR) is 182 cm³/mol. The first kappa shape index (κ1) is 32.4. The minimum Gasteiger partial charge on any atom is -0.491 e. The number of hydrogen-bond donors (Lipinski definition) is 2. The van der Waals surface area contributed by atoms with Gasteiger partial charge in [0.15, 0.2) is 11.4 Å². The maximum absolute atomic E-state index is 14.1. The number of halogens is 1. The largest absolute Gasteiger partial charge is 0.491 e. The summed E-state index contributed by atoms with van der Waals surface area (Å²) in [6.07, 6.45) is 5.75. The zero-order chi connectivity index (χ0) is 33.3. The summed E-state index contributed by atoms with van der Waals surface area (Å²) in [6, 6.07) is 23.7. The zero-order valence-corrected chi connectivity index (χ0v) is 27.8. The highest BCUT2D eigenvalue weighted by molar-refractivity contribution is 9.10. The number of aliphatic hydroxyl groups excluding tert-OH is 1. The van der Waals surface area contributed by atoms with Crippen molar-refractivity contribution in [1.29, 1.82) is 0 Å². The number of fused-ring (bicyclic) bond motifs is 2. The lowest BCUT2D eigenvalue weighted by atomic mass is 9.83. The third-order valence-electron chi connectivity index (χ3n) is 9.18. The summed E-state index contributed by atoms with van der Waals surface area (Å²) < 4.78 is 7.37. The highest BCUT2D eigenvalue weighted by Crippen LogP contribution is 2.46. The first-order valence-electron chi connectivity index (χ1n) is 15.5. The molecule has 9 nitrogen and oxygen atoms in total. The second-order valence-corrected chi connectivity index (χ2v) is 12.9. The van der Waals surface area contributed by atoms with Crippen LogP contribution >= 0.6 is 15.9 Å². The lowest BCUT2D eigenvalue weighted by Gasteiger charge is -2.36. The van der Waals surface area contributed by atoms with Gasteiger partial charge in [0.25, 0.3) is 11.5 Å². The number of hydrogen-bond acceptors (Lipinski definition) is 6. The summed E-state index contributed by atoms with van der Waals surface area (Å²) >= 11 is 3.49. The van der Waals surface area contributed by atoms with Crippen molar-refractivity contribution in [2.75, 3.05) is 18.6 Å². The quantitative estimate of drug-likeness (QED) is 0.242. The van der Waals surface area contributed by atoms with E-state index < -0.39 is 17.4 Å². The number of ether oxygens (including phenoxy) is 1. The van der Waals surface area contributed by atoms with Gasteiger partial charge in [0, 0.05) is 40.8 Å². The van der Waals surface area contributed by atoms with Crippen LogP contribution in [0, 0.1) is 5.92 Å². The van der Waals surface area contributed by atoms with E-state index in [1.165, 1.54) is 11.7 Å². The van der Waals surface area contributed by atoms with Gasteiger partial charge in [-0.1, -0.05) is 71.4 Å². The van der Waals surface area contributed by atoms with Gasteiger partial charge in [-0.25, -0.2) is 0 Å². The first-order valence-corrected chi connectivity index (χ1v) is 16.3. The second kappa shape index (κ2) is 13.3. The van der Waals surface area contributed by atoms with Gasteiger partial charge in [0.1, 0.15) is 0 Å². The van der Waals surface area contributed by atoms with Gasteiger partial charge in [0.05, 0.1) is 32.0 Å². The molecule has 0 unspecified atom stereocenters. The number of aliphatic hydroxyl groups is 2. The van der Waals surface area contributed by atoms with Crippen molar-refractivity contribution in [3.8, 4) is 11.4 Å². The fourth-order valence-corrected chi connectivity index (χ4v) is 6.89. The number of aromatic nitrogens is 1. The minimum atomic E-state index is -1.86. The van der Waals surface area contributed by atoms with E-state index in [1.54, 1.807) is 65.4 Å². The maximum atomic E-state index is 14.1. The monoisotopic (exact) mass is 697 g/mol. The molecule has 0 spiro atoms. The molecule has 6 rings (SSSR count). The van der Waals surface area contributed by atoms with Crippen molar-refractivity contribution in [3.63, 3.8) is 0 Å². The van der Waals surface area contributed by atoms with Crippen molar-refractivity contribution in [3.05, 3.63) is 134 Å². The molecule has 1 aromatic heterocycles. The Morgan fingerprint density at radius 1 is 1.06 bits per heavy atom. The van der Waals surface area contributed by atoms with Crippen molar-refractivity contribution in [1.82, 2.24) is 9.47 Å². The van der Waals surface area contributed by atoms with Crippen LogP contribution in [0.1, 0.15) is 35.6 Å². The van der Waals surface area contributed by atoms with E-state index in [9.17, 15) is 24.6 Å². The maximum Gasteiger partial charge on any atom is 0.297 e. The van der Waals surface area contributed by atoms with Crippen LogP contribution in [-0.2, 0) is 34.7 Å².